The number of aromatic nitrogens is 2. The van der Waals surface area contributed by atoms with Crippen LogP contribution in [0.15, 0.2) is 60.9 Å². The molecule has 5 nitrogen and oxygen atoms in total. The van der Waals surface area contributed by atoms with Crippen LogP contribution in [0, 0.1) is 5.82 Å². The van der Waals surface area contributed by atoms with Crippen LogP contribution in [0.25, 0.3) is 0 Å². The molecule has 1 aliphatic heterocycles. The number of carbonyl (C=O) groups excluding carboxylic acids is 1. The highest BCUT2D eigenvalue weighted by molar-refractivity contribution is 6.05. The Morgan fingerprint density at radius 1 is 1.04 bits per heavy atom. The van der Waals surface area contributed by atoms with Gasteiger partial charge in [-0.2, -0.15) is 0 Å². The molecule has 0 atom stereocenters. The molecule has 0 spiro atoms. The van der Waals surface area contributed by atoms with Gasteiger partial charge in [0.25, 0.3) is 5.91 Å². The van der Waals surface area contributed by atoms with Gasteiger partial charge in [0.2, 0.25) is 0 Å². The van der Waals surface area contributed by atoms with Crippen molar-refractivity contribution < 1.29 is 9.18 Å². The van der Waals surface area contributed by atoms with Crippen molar-refractivity contribution in [2.24, 2.45) is 0 Å². The zero-order chi connectivity index (χ0) is 17.9. The maximum atomic E-state index is 13.0. The summed E-state index contributed by atoms with van der Waals surface area (Å²) in [5.74, 6) is 0.0366. The highest BCUT2D eigenvalue weighted by atomic mass is 19.1. The molecule has 0 fully saturated rings. The number of para-hydroxylation sites is 1. The Balaban J connectivity index is 1.52. The van der Waals surface area contributed by atoms with Gasteiger partial charge in [-0.3, -0.25) is 4.79 Å². The van der Waals surface area contributed by atoms with E-state index < -0.39 is 0 Å². The van der Waals surface area contributed by atoms with Gasteiger partial charge in [0.15, 0.2) is 0 Å². The molecule has 2 heterocycles. The van der Waals surface area contributed by atoms with Crippen LogP contribution < -0.4 is 10.2 Å². The van der Waals surface area contributed by atoms with E-state index in [9.17, 15) is 9.18 Å². The van der Waals surface area contributed by atoms with E-state index in [1.807, 2.05) is 18.2 Å². The lowest BCUT2D eigenvalue weighted by Crippen LogP contribution is -2.36. The summed E-state index contributed by atoms with van der Waals surface area (Å²) in [6.45, 7) is 0.674. The third-order valence-electron chi connectivity index (χ3n) is 4.34. The van der Waals surface area contributed by atoms with E-state index >= 15 is 0 Å². The average molecular weight is 348 g/mol. The fourth-order valence-electron chi connectivity index (χ4n) is 3.07. The van der Waals surface area contributed by atoms with Crippen LogP contribution in [0.3, 0.4) is 0 Å². The Morgan fingerprint density at radius 3 is 2.62 bits per heavy atom. The summed E-state index contributed by atoms with van der Waals surface area (Å²) in [4.78, 5) is 23.1. The zero-order valence-electron chi connectivity index (χ0n) is 14.0. The minimum atomic E-state index is -0.301. The highest BCUT2D eigenvalue weighted by Crippen LogP contribution is 2.27. The van der Waals surface area contributed by atoms with Crippen molar-refractivity contribution in [3.8, 4) is 0 Å². The van der Waals surface area contributed by atoms with E-state index in [2.05, 4.69) is 21.4 Å². The quantitative estimate of drug-likeness (QED) is 0.779. The fourth-order valence-corrected chi connectivity index (χ4v) is 3.07. The minimum Gasteiger partial charge on any atom is -0.339 e. The second kappa shape index (κ2) is 6.92. The van der Waals surface area contributed by atoms with E-state index in [0.29, 0.717) is 23.7 Å². The van der Waals surface area contributed by atoms with Crippen LogP contribution in [0.5, 0.6) is 0 Å². The molecule has 0 saturated heterocycles. The van der Waals surface area contributed by atoms with Crippen molar-refractivity contribution in [3.63, 3.8) is 0 Å². The molecular formula is C20H17FN4O. The normalized spacial score (nSPS) is 13.2. The van der Waals surface area contributed by atoms with Gasteiger partial charge in [-0.15, -0.1) is 0 Å². The molecule has 1 N–H and O–H groups in total. The second-order valence-corrected chi connectivity index (χ2v) is 6.11. The maximum absolute atomic E-state index is 13.0. The number of nitrogens with one attached hydrogen (secondary N) is 1. The molecule has 6 heteroatoms. The van der Waals surface area contributed by atoms with E-state index in [1.165, 1.54) is 30.1 Å². The van der Waals surface area contributed by atoms with Crippen molar-refractivity contribution in [2.75, 3.05) is 16.8 Å². The highest BCUT2D eigenvalue weighted by Gasteiger charge is 2.24. The van der Waals surface area contributed by atoms with E-state index in [0.717, 1.165) is 18.5 Å². The number of nitrogens with zero attached hydrogens (tertiary/aromatic N) is 3. The van der Waals surface area contributed by atoms with Crippen molar-refractivity contribution in [1.82, 2.24) is 9.97 Å². The number of hydrogen-bond acceptors (Lipinski definition) is 4. The van der Waals surface area contributed by atoms with E-state index in [-0.39, 0.29) is 11.7 Å². The molecule has 1 aliphatic rings. The molecule has 0 saturated carbocycles. The topological polar surface area (TPSA) is 58.1 Å². The van der Waals surface area contributed by atoms with Gasteiger partial charge >= 0.3 is 0 Å². The third kappa shape index (κ3) is 3.26. The van der Waals surface area contributed by atoms with Gasteiger partial charge < -0.3 is 10.2 Å². The van der Waals surface area contributed by atoms with Gasteiger partial charge in [-0.25, -0.2) is 14.4 Å². The number of rotatable bonds is 3. The molecule has 130 valence electrons. The largest absolute Gasteiger partial charge is 0.339 e. The molecule has 0 unspecified atom stereocenters. The summed E-state index contributed by atoms with van der Waals surface area (Å²) in [7, 11) is 0. The van der Waals surface area contributed by atoms with Gasteiger partial charge in [0, 0.05) is 17.9 Å². The van der Waals surface area contributed by atoms with E-state index in [1.54, 1.807) is 17.0 Å². The predicted octanol–water partition coefficient (Wildman–Crippen LogP) is 3.95. The van der Waals surface area contributed by atoms with Crippen molar-refractivity contribution in [3.05, 3.63) is 78.0 Å². The molecule has 26 heavy (non-hydrogen) atoms. The number of aryl methyl sites for hydroxylation is 1. The number of halogens is 1. The van der Waals surface area contributed by atoms with Gasteiger partial charge in [-0.05, 0) is 48.7 Å². The third-order valence-corrected chi connectivity index (χ3v) is 4.34. The summed E-state index contributed by atoms with van der Waals surface area (Å²) >= 11 is 0. The number of benzene rings is 2. The molecule has 0 aliphatic carbocycles. The molecule has 0 radical (unpaired) electrons. The average Bonchev–Trinajstić information content (AvgIpc) is 2.69. The molecule has 3 aromatic rings. The van der Waals surface area contributed by atoms with Crippen LogP contribution in [-0.4, -0.2) is 22.4 Å². The molecule has 2 aromatic carbocycles. The van der Waals surface area contributed by atoms with Gasteiger partial charge in [0.05, 0.1) is 12.4 Å². The van der Waals surface area contributed by atoms with Crippen LogP contribution in [-0.2, 0) is 6.42 Å². The zero-order valence-corrected chi connectivity index (χ0v) is 14.0. The number of hydrogen-bond donors (Lipinski definition) is 1. The minimum absolute atomic E-state index is 0.155. The smallest absolute Gasteiger partial charge is 0.278 e. The summed E-state index contributed by atoms with van der Waals surface area (Å²) in [6, 6.07) is 13.9. The summed E-state index contributed by atoms with van der Waals surface area (Å²) in [6.07, 6.45) is 4.88. The van der Waals surface area contributed by atoms with Crippen molar-refractivity contribution in [1.29, 1.82) is 0 Å². The number of carbonyl (C=O) groups is 1. The first-order chi connectivity index (χ1) is 12.7. The Hall–Kier alpha value is -3.28. The summed E-state index contributed by atoms with van der Waals surface area (Å²) in [5, 5.41) is 3.03. The SMILES string of the molecule is O=C(c1cnc(Nc2ccc(F)cc2)cn1)N1CCCc2ccccc21. The van der Waals surface area contributed by atoms with Crippen LogP contribution >= 0.6 is 0 Å². The first-order valence-corrected chi connectivity index (χ1v) is 8.45. The first-order valence-electron chi connectivity index (χ1n) is 8.45. The lowest BCUT2D eigenvalue weighted by atomic mass is 10.0. The predicted molar refractivity (Wildman–Crippen MR) is 98.2 cm³/mol. The van der Waals surface area contributed by atoms with Crippen molar-refractivity contribution in [2.45, 2.75) is 12.8 Å². The van der Waals surface area contributed by atoms with Gasteiger partial charge in [-0.1, -0.05) is 18.2 Å². The van der Waals surface area contributed by atoms with E-state index in [4.69, 9.17) is 0 Å². The van der Waals surface area contributed by atoms with Crippen LogP contribution in [0.1, 0.15) is 22.5 Å². The number of fused-ring (bicyclic) bond motifs is 1. The second-order valence-electron chi connectivity index (χ2n) is 6.11. The fraction of sp³-hybridized carbons (Fsp3) is 0.150. The van der Waals surface area contributed by atoms with Crippen LogP contribution in [0.4, 0.5) is 21.6 Å². The van der Waals surface area contributed by atoms with Gasteiger partial charge in [0.1, 0.15) is 17.3 Å². The Kier molecular flexibility index (Phi) is 4.31. The standard InChI is InChI=1S/C20H17FN4O/c21-15-7-9-16(10-8-15)24-19-13-22-17(12-23-19)20(26)25-11-3-5-14-4-1-2-6-18(14)25/h1-2,4,6-10,12-13H,3,5,11H2,(H,23,24). The molecule has 4 rings (SSSR count). The number of anilines is 3. The summed E-state index contributed by atoms with van der Waals surface area (Å²) < 4.78 is 13.0. The maximum Gasteiger partial charge on any atom is 0.278 e. The Bertz CT molecular complexity index is 925. The molecule has 0 bridgehead atoms. The molecule has 1 aromatic heterocycles. The van der Waals surface area contributed by atoms with Crippen molar-refractivity contribution >= 4 is 23.1 Å². The Morgan fingerprint density at radius 2 is 1.85 bits per heavy atom. The summed E-state index contributed by atoms with van der Waals surface area (Å²) in [5.41, 5.74) is 3.12. The number of amides is 1. The Labute approximate surface area is 150 Å². The molecular weight excluding hydrogens is 331 g/mol. The lowest BCUT2D eigenvalue weighted by Gasteiger charge is -2.29. The molecule has 1 amide bonds. The first kappa shape index (κ1) is 16.2. The van der Waals surface area contributed by atoms with Crippen LogP contribution in [0.2, 0.25) is 0 Å². The lowest BCUT2D eigenvalue weighted by molar-refractivity contribution is 0.0980. The monoisotopic (exact) mass is 348 g/mol.